The zero-order valence-corrected chi connectivity index (χ0v) is 8.13. The molecule has 0 aliphatic rings. The molecule has 0 radical (unpaired) electrons. The zero-order valence-electron chi connectivity index (χ0n) is 7.37. The molecule has 0 aliphatic heterocycles. The molecule has 0 amide bonds. The van der Waals surface area contributed by atoms with Gasteiger partial charge in [0.15, 0.2) is 6.71 Å². The van der Waals surface area contributed by atoms with E-state index < -0.39 is 0 Å². The SMILES string of the molecule is CC/C(Cl)=C(\CC)B(C)C. The third-order valence-corrected chi connectivity index (χ3v) is 2.25. The Kier molecular flexibility index (Phi) is 4.89. The molecule has 0 unspecified atom stereocenters. The summed E-state index contributed by atoms with van der Waals surface area (Å²) in [6.07, 6.45) is 2.06. The summed E-state index contributed by atoms with van der Waals surface area (Å²) in [6, 6.07) is 0. The van der Waals surface area contributed by atoms with Gasteiger partial charge in [-0.1, -0.05) is 44.6 Å². The Hall–Kier alpha value is 0.0949. The highest BCUT2D eigenvalue weighted by molar-refractivity contribution is 6.65. The van der Waals surface area contributed by atoms with Crippen LogP contribution in [0.25, 0.3) is 0 Å². The summed E-state index contributed by atoms with van der Waals surface area (Å²) in [6.45, 7) is 9.25. The first-order valence-electron chi connectivity index (χ1n) is 4.00. The van der Waals surface area contributed by atoms with Gasteiger partial charge in [0.1, 0.15) is 0 Å². The third-order valence-electron chi connectivity index (χ3n) is 1.74. The van der Waals surface area contributed by atoms with Crippen molar-refractivity contribution in [3.05, 3.63) is 10.5 Å². The first-order valence-corrected chi connectivity index (χ1v) is 4.38. The summed E-state index contributed by atoms with van der Waals surface area (Å²) in [5.41, 5.74) is 1.41. The minimum absolute atomic E-state index is 0.609. The van der Waals surface area contributed by atoms with E-state index in [-0.39, 0.29) is 0 Å². The van der Waals surface area contributed by atoms with Gasteiger partial charge in [-0.15, -0.1) is 0 Å². The van der Waals surface area contributed by atoms with Gasteiger partial charge in [-0.2, -0.15) is 0 Å². The summed E-state index contributed by atoms with van der Waals surface area (Å²) < 4.78 is 0. The molecule has 0 aliphatic carbocycles. The molecule has 10 heavy (non-hydrogen) atoms. The smallest absolute Gasteiger partial charge is 0.0901 e. The van der Waals surface area contributed by atoms with E-state index in [0.29, 0.717) is 6.71 Å². The van der Waals surface area contributed by atoms with Crippen LogP contribution in [0.15, 0.2) is 10.5 Å². The molecular weight excluding hydrogens is 142 g/mol. The van der Waals surface area contributed by atoms with Crippen LogP contribution in [0.5, 0.6) is 0 Å². The van der Waals surface area contributed by atoms with Crippen molar-refractivity contribution in [1.29, 1.82) is 0 Å². The zero-order chi connectivity index (χ0) is 8.15. The van der Waals surface area contributed by atoms with E-state index in [9.17, 15) is 0 Å². The van der Waals surface area contributed by atoms with E-state index in [1.807, 2.05) is 0 Å². The molecule has 0 aromatic rings. The summed E-state index contributed by atoms with van der Waals surface area (Å²) >= 11 is 6.01. The van der Waals surface area contributed by atoms with Crippen molar-refractivity contribution in [2.45, 2.75) is 40.3 Å². The number of rotatable bonds is 3. The lowest BCUT2D eigenvalue weighted by atomic mass is 9.48. The van der Waals surface area contributed by atoms with Gasteiger partial charge in [0.05, 0.1) is 0 Å². The van der Waals surface area contributed by atoms with Crippen LogP contribution in [0.2, 0.25) is 13.6 Å². The predicted molar refractivity (Wildman–Crippen MR) is 50.9 cm³/mol. The van der Waals surface area contributed by atoms with Crippen LogP contribution >= 0.6 is 11.6 Å². The molecular formula is C8H16BCl. The number of hydrogen-bond acceptors (Lipinski definition) is 0. The average molecular weight is 158 g/mol. The van der Waals surface area contributed by atoms with Crippen molar-refractivity contribution < 1.29 is 0 Å². The van der Waals surface area contributed by atoms with Crippen LogP contribution in [0.4, 0.5) is 0 Å². The molecule has 2 heteroatoms. The van der Waals surface area contributed by atoms with E-state index in [1.165, 1.54) is 5.47 Å². The van der Waals surface area contributed by atoms with Gasteiger partial charge < -0.3 is 0 Å². The van der Waals surface area contributed by atoms with E-state index in [0.717, 1.165) is 17.9 Å². The monoisotopic (exact) mass is 158 g/mol. The fraction of sp³-hybridized carbons (Fsp3) is 0.750. The van der Waals surface area contributed by atoms with E-state index >= 15 is 0 Å². The number of hydrogen-bond donors (Lipinski definition) is 0. The van der Waals surface area contributed by atoms with Gasteiger partial charge in [-0.05, 0) is 12.8 Å². The second-order valence-corrected chi connectivity index (χ2v) is 3.25. The minimum Gasteiger partial charge on any atom is -0.0901 e. The summed E-state index contributed by atoms with van der Waals surface area (Å²) in [7, 11) is 0. The Morgan fingerprint density at radius 1 is 1.20 bits per heavy atom. The van der Waals surface area contributed by atoms with Crippen LogP contribution in [0.3, 0.4) is 0 Å². The topological polar surface area (TPSA) is 0 Å². The van der Waals surface area contributed by atoms with Gasteiger partial charge >= 0.3 is 0 Å². The van der Waals surface area contributed by atoms with Crippen LogP contribution in [0, 0.1) is 0 Å². The summed E-state index contributed by atoms with van der Waals surface area (Å²) in [5, 5.41) is 1.05. The Morgan fingerprint density at radius 3 is 1.80 bits per heavy atom. The Balaban J connectivity index is 4.29. The molecule has 0 saturated heterocycles. The predicted octanol–water partition coefficient (Wildman–Crippen LogP) is 3.59. The molecule has 0 aromatic heterocycles. The lowest BCUT2D eigenvalue weighted by Gasteiger charge is -2.08. The highest BCUT2D eigenvalue weighted by Gasteiger charge is 2.07. The van der Waals surface area contributed by atoms with E-state index in [1.54, 1.807) is 0 Å². The molecule has 0 nitrogen and oxygen atoms in total. The summed E-state index contributed by atoms with van der Waals surface area (Å²) in [4.78, 5) is 0. The van der Waals surface area contributed by atoms with Crippen LogP contribution in [-0.4, -0.2) is 6.71 Å². The quantitative estimate of drug-likeness (QED) is 0.551. The highest BCUT2D eigenvalue weighted by Crippen LogP contribution is 2.18. The Bertz CT molecular complexity index is 127. The van der Waals surface area contributed by atoms with Crippen molar-refractivity contribution in [1.82, 2.24) is 0 Å². The molecule has 0 bridgehead atoms. The molecule has 0 aromatic carbocycles. The van der Waals surface area contributed by atoms with E-state index in [4.69, 9.17) is 11.6 Å². The number of allylic oxidation sites excluding steroid dienone is 2. The van der Waals surface area contributed by atoms with Crippen LogP contribution in [0.1, 0.15) is 26.7 Å². The molecule has 0 rings (SSSR count). The van der Waals surface area contributed by atoms with Crippen molar-refractivity contribution in [2.24, 2.45) is 0 Å². The highest BCUT2D eigenvalue weighted by atomic mass is 35.5. The second-order valence-electron chi connectivity index (χ2n) is 2.79. The third kappa shape index (κ3) is 2.79. The van der Waals surface area contributed by atoms with Crippen LogP contribution < -0.4 is 0 Å². The molecule has 0 N–H and O–H groups in total. The maximum absolute atomic E-state index is 6.01. The Labute approximate surface area is 69.7 Å². The van der Waals surface area contributed by atoms with Crippen molar-refractivity contribution in [2.75, 3.05) is 0 Å². The van der Waals surface area contributed by atoms with Crippen LogP contribution in [-0.2, 0) is 0 Å². The molecule has 0 atom stereocenters. The largest absolute Gasteiger partial charge is 0.165 e. The number of halogens is 1. The van der Waals surface area contributed by atoms with Gasteiger partial charge in [0, 0.05) is 5.03 Å². The standard InChI is InChI=1S/C8H16BCl/c1-5-7(9(3)4)8(10)6-2/h5-6H2,1-4H3/b8-7-. The van der Waals surface area contributed by atoms with Gasteiger partial charge in [-0.25, -0.2) is 0 Å². The van der Waals surface area contributed by atoms with Gasteiger partial charge in [-0.3, -0.25) is 0 Å². The Morgan fingerprint density at radius 2 is 1.70 bits per heavy atom. The first-order chi connectivity index (χ1) is 4.63. The van der Waals surface area contributed by atoms with Crippen molar-refractivity contribution in [3.63, 3.8) is 0 Å². The molecule has 0 saturated carbocycles. The van der Waals surface area contributed by atoms with Crippen molar-refractivity contribution in [3.8, 4) is 0 Å². The molecule has 58 valence electrons. The second kappa shape index (κ2) is 4.84. The van der Waals surface area contributed by atoms with Crippen molar-refractivity contribution >= 4 is 18.3 Å². The molecule has 0 heterocycles. The summed E-state index contributed by atoms with van der Waals surface area (Å²) in [5.74, 6) is 0. The maximum atomic E-state index is 6.01. The molecule has 0 fully saturated rings. The van der Waals surface area contributed by atoms with E-state index in [2.05, 4.69) is 27.5 Å². The average Bonchev–Trinajstić information content (AvgIpc) is 1.88. The fourth-order valence-electron chi connectivity index (χ4n) is 1.14. The molecule has 0 spiro atoms. The van der Waals surface area contributed by atoms with Gasteiger partial charge in [0.25, 0.3) is 0 Å². The fourth-order valence-corrected chi connectivity index (χ4v) is 1.49. The van der Waals surface area contributed by atoms with Gasteiger partial charge in [0.2, 0.25) is 0 Å². The maximum Gasteiger partial charge on any atom is 0.165 e. The lowest BCUT2D eigenvalue weighted by Crippen LogP contribution is -2.06. The lowest BCUT2D eigenvalue weighted by molar-refractivity contribution is 1.10. The normalized spacial score (nSPS) is 12.9. The minimum atomic E-state index is 0.609. The first kappa shape index (κ1) is 10.1.